The molecule has 228 valence electrons. The van der Waals surface area contributed by atoms with Gasteiger partial charge in [0.2, 0.25) is 5.13 Å². The Morgan fingerprint density at radius 1 is 1.00 bits per heavy atom. The van der Waals surface area contributed by atoms with E-state index in [2.05, 4.69) is 37.9 Å². The molecule has 1 aliphatic heterocycles. The first-order chi connectivity index (χ1) is 21.1. The van der Waals surface area contributed by atoms with Crippen LogP contribution in [0.3, 0.4) is 0 Å². The van der Waals surface area contributed by atoms with E-state index in [1.165, 1.54) is 40.1 Å². The minimum absolute atomic E-state index is 0.0196. The Kier molecular flexibility index (Phi) is 9.51. The molecule has 1 fully saturated rings. The van der Waals surface area contributed by atoms with Crippen LogP contribution in [0.15, 0.2) is 82.7 Å². The molecule has 0 radical (unpaired) electrons. The van der Waals surface area contributed by atoms with E-state index in [9.17, 15) is 19.1 Å². The molecule has 1 atom stereocenters. The van der Waals surface area contributed by atoms with Crippen LogP contribution >= 0.6 is 23.1 Å². The first kappa shape index (κ1) is 31.4. The number of benzene rings is 3. The van der Waals surface area contributed by atoms with Gasteiger partial charge in [-0.15, -0.1) is 10.2 Å². The summed E-state index contributed by atoms with van der Waals surface area (Å²) in [6.45, 7) is 8.99. The quantitative estimate of drug-likeness (QED) is 0.0473. The Morgan fingerprint density at radius 2 is 1.68 bits per heavy atom. The van der Waals surface area contributed by atoms with E-state index in [1.807, 2.05) is 24.3 Å². The number of aromatic nitrogens is 2. The molecule has 2 heterocycles. The molecular weight excluding hydrogens is 598 g/mol. The Balaban J connectivity index is 1.51. The van der Waals surface area contributed by atoms with E-state index < -0.39 is 17.7 Å². The molecule has 3 aromatic carbocycles. The molecule has 1 N–H and O–H groups in total. The van der Waals surface area contributed by atoms with Crippen molar-refractivity contribution in [2.24, 2.45) is 0 Å². The van der Waals surface area contributed by atoms with Crippen LogP contribution in [0.1, 0.15) is 68.8 Å². The lowest BCUT2D eigenvalue weighted by Gasteiger charge is -2.24. The van der Waals surface area contributed by atoms with Gasteiger partial charge in [0.1, 0.15) is 17.3 Å². The molecule has 0 saturated carbocycles. The summed E-state index contributed by atoms with van der Waals surface area (Å²) in [7, 11) is 0. The fourth-order valence-electron chi connectivity index (χ4n) is 4.79. The number of carbonyl (C=O) groups is 2. The average molecular weight is 632 g/mol. The van der Waals surface area contributed by atoms with E-state index in [0.29, 0.717) is 33.6 Å². The van der Waals surface area contributed by atoms with Crippen molar-refractivity contribution in [3.8, 4) is 5.75 Å². The summed E-state index contributed by atoms with van der Waals surface area (Å²) >= 11 is 2.59. The molecule has 1 aliphatic rings. The standard InChI is InChI=1S/C34H34FN3O4S2/c1-5-6-19-42-26-17-11-23(12-18-26)29(39)27-28(22-9-13-24(14-10-22)34(2,3)4)38(31(41)30(27)40)32-36-37-33(44-32)43-20-21-7-15-25(35)16-8-21/h7-18,28,39H,5-6,19-20H2,1-4H3/t28-/m0/s1. The fraction of sp³-hybridized carbons (Fsp3) is 0.294. The second-order valence-electron chi connectivity index (χ2n) is 11.5. The number of unbranched alkanes of at least 4 members (excludes halogenated alkanes) is 1. The van der Waals surface area contributed by atoms with Gasteiger partial charge in [-0.1, -0.05) is 93.6 Å². The molecule has 0 aliphatic carbocycles. The lowest BCUT2D eigenvalue weighted by molar-refractivity contribution is -0.132. The number of nitrogens with zero attached hydrogens (tertiary/aromatic N) is 3. The highest BCUT2D eigenvalue weighted by atomic mass is 32.2. The predicted molar refractivity (Wildman–Crippen MR) is 173 cm³/mol. The van der Waals surface area contributed by atoms with Crippen molar-refractivity contribution in [1.29, 1.82) is 0 Å². The van der Waals surface area contributed by atoms with Gasteiger partial charge in [-0.2, -0.15) is 0 Å². The highest BCUT2D eigenvalue weighted by Crippen LogP contribution is 2.44. The zero-order valence-electron chi connectivity index (χ0n) is 25.0. The molecule has 4 aromatic rings. The minimum Gasteiger partial charge on any atom is -0.507 e. The van der Waals surface area contributed by atoms with Crippen LogP contribution in [0.25, 0.3) is 5.76 Å². The Morgan fingerprint density at radius 3 is 2.32 bits per heavy atom. The lowest BCUT2D eigenvalue weighted by atomic mass is 9.85. The molecule has 0 bridgehead atoms. The predicted octanol–water partition coefficient (Wildman–Crippen LogP) is 8.07. The van der Waals surface area contributed by atoms with Gasteiger partial charge in [0, 0.05) is 11.3 Å². The SMILES string of the molecule is CCCCOc1ccc(C(O)=C2C(=O)C(=O)N(c3nnc(SCc4ccc(F)cc4)s3)[C@H]2c2ccc(C(C)(C)C)cc2)cc1. The van der Waals surface area contributed by atoms with Crippen LogP contribution in [-0.2, 0) is 20.8 Å². The third-order valence-electron chi connectivity index (χ3n) is 7.31. The second-order valence-corrected chi connectivity index (χ2v) is 13.7. The van der Waals surface area contributed by atoms with Gasteiger partial charge in [-0.3, -0.25) is 14.5 Å². The molecule has 1 aromatic heterocycles. The number of hydrogen-bond donors (Lipinski definition) is 1. The smallest absolute Gasteiger partial charge is 0.301 e. The zero-order chi connectivity index (χ0) is 31.4. The first-order valence-corrected chi connectivity index (χ1v) is 16.2. The molecule has 10 heteroatoms. The Hall–Kier alpha value is -4.02. The van der Waals surface area contributed by atoms with Crippen molar-refractivity contribution in [2.75, 3.05) is 11.5 Å². The largest absolute Gasteiger partial charge is 0.507 e. The Bertz CT molecular complexity index is 1660. The second kappa shape index (κ2) is 13.3. The number of anilines is 1. The van der Waals surface area contributed by atoms with Crippen molar-refractivity contribution in [2.45, 2.75) is 62.1 Å². The number of thioether (sulfide) groups is 1. The molecular formula is C34H34FN3O4S2. The summed E-state index contributed by atoms with van der Waals surface area (Å²) in [6, 6.07) is 19.8. The maximum atomic E-state index is 13.6. The molecule has 1 saturated heterocycles. The van der Waals surface area contributed by atoms with Gasteiger partial charge in [0.15, 0.2) is 4.34 Å². The van der Waals surface area contributed by atoms with Gasteiger partial charge in [-0.25, -0.2) is 4.39 Å². The van der Waals surface area contributed by atoms with E-state index in [1.54, 1.807) is 36.4 Å². The highest BCUT2D eigenvalue weighted by molar-refractivity contribution is 8.00. The summed E-state index contributed by atoms with van der Waals surface area (Å²) in [5.74, 6) is -0.980. The van der Waals surface area contributed by atoms with Crippen LogP contribution in [-0.4, -0.2) is 33.6 Å². The highest BCUT2D eigenvalue weighted by Gasteiger charge is 2.48. The number of ketones is 1. The number of carbonyl (C=O) groups excluding carboxylic acids is 2. The third-order valence-corrected chi connectivity index (χ3v) is 9.44. The zero-order valence-corrected chi connectivity index (χ0v) is 26.7. The van der Waals surface area contributed by atoms with Crippen molar-refractivity contribution in [3.63, 3.8) is 0 Å². The first-order valence-electron chi connectivity index (χ1n) is 14.4. The van der Waals surface area contributed by atoms with Crippen LogP contribution in [0, 0.1) is 5.82 Å². The molecule has 1 amide bonds. The lowest BCUT2D eigenvalue weighted by Crippen LogP contribution is -2.29. The van der Waals surface area contributed by atoms with Crippen LogP contribution in [0.2, 0.25) is 0 Å². The monoisotopic (exact) mass is 631 g/mol. The van der Waals surface area contributed by atoms with Gasteiger partial charge in [0.05, 0.1) is 18.2 Å². The number of aliphatic hydroxyl groups excluding tert-OH is 1. The number of aliphatic hydroxyl groups is 1. The van der Waals surface area contributed by atoms with E-state index >= 15 is 0 Å². The van der Waals surface area contributed by atoms with E-state index in [4.69, 9.17) is 4.74 Å². The number of hydrogen-bond acceptors (Lipinski definition) is 8. The number of rotatable bonds is 10. The van der Waals surface area contributed by atoms with Gasteiger partial charge >= 0.3 is 5.91 Å². The van der Waals surface area contributed by atoms with Crippen LogP contribution in [0.5, 0.6) is 5.75 Å². The van der Waals surface area contributed by atoms with Crippen LogP contribution in [0.4, 0.5) is 9.52 Å². The molecule has 5 rings (SSSR count). The summed E-state index contributed by atoms with van der Waals surface area (Å²) in [5, 5.41) is 20.3. The molecule has 7 nitrogen and oxygen atoms in total. The number of amides is 1. The molecule has 44 heavy (non-hydrogen) atoms. The van der Waals surface area contributed by atoms with Crippen LogP contribution < -0.4 is 9.64 Å². The summed E-state index contributed by atoms with van der Waals surface area (Å²) in [6.07, 6.45) is 1.94. The van der Waals surface area contributed by atoms with E-state index in [0.717, 1.165) is 24.0 Å². The topological polar surface area (TPSA) is 92.6 Å². The number of halogens is 1. The fourth-order valence-corrected chi connectivity index (χ4v) is 6.62. The van der Waals surface area contributed by atoms with Gasteiger partial charge in [0.25, 0.3) is 5.78 Å². The molecule has 0 unspecified atom stereocenters. The number of ether oxygens (including phenoxy) is 1. The van der Waals surface area contributed by atoms with Gasteiger partial charge < -0.3 is 9.84 Å². The maximum Gasteiger partial charge on any atom is 0.301 e. The average Bonchev–Trinajstić information content (AvgIpc) is 3.58. The number of Topliss-reactive ketones (excluding diaryl/α,β-unsaturated/α-hetero) is 1. The summed E-state index contributed by atoms with van der Waals surface area (Å²) in [5.41, 5.74) is 2.94. The van der Waals surface area contributed by atoms with Gasteiger partial charge in [-0.05, 0) is 64.9 Å². The van der Waals surface area contributed by atoms with Crippen molar-refractivity contribution < 1.29 is 23.8 Å². The van der Waals surface area contributed by atoms with E-state index in [-0.39, 0.29) is 27.7 Å². The van der Waals surface area contributed by atoms with Crippen molar-refractivity contribution in [3.05, 3.63) is 106 Å². The maximum absolute atomic E-state index is 13.6. The minimum atomic E-state index is -0.910. The van der Waals surface area contributed by atoms with Crippen molar-refractivity contribution >= 4 is 45.7 Å². The third kappa shape index (κ3) is 6.87. The molecule has 0 spiro atoms. The van der Waals surface area contributed by atoms with Crippen molar-refractivity contribution in [1.82, 2.24) is 10.2 Å². The summed E-state index contributed by atoms with van der Waals surface area (Å²) in [4.78, 5) is 28.5. The normalized spacial score (nSPS) is 16.5. The summed E-state index contributed by atoms with van der Waals surface area (Å²) < 4.78 is 19.6. The Labute approximate surface area is 264 Å².